The molecule has 0 saturated carbocycles. The molecule has 1 aromatic rings. The van der Waals surface area contributed by atoms with Gasteiger partial charge in [0.05, 0.1) is 19.3 Å². The van der Waals surface area contributed by atoms with E-state index >= 15 is 0 Å². The Bertz CT molecular complexity index is 366. The van der Waals surface area contributed by atoms with Crippen molar-refractivity contribution < 1.29 is 4.74 Å². The Balaban J connectivity index is 1.72. The minimum atomic E-state index is 0.309. The van der Waals surface area contributed by atoms with Crippen molar-refractivity contribution in [3.8, 4) is 0 Å². The van der Waals surface area contributed by atoms with Gasteiger partial charge in [0.15, 0.2) is 0 Å². The van der Waals surface area contributed by atoms with Crippen LogP contribution in [-0.4, -0.2) is 53.3 Å². The SMILES string of the molecule is CCCn1ccnc1CNCC1CN(CC)CCO1. The van der Waals surface area contributed by atoms with Gasteiger partial charge < -0.3 is 14.6 Å². The predicted molar refractivity (Wildman–Crippen MR) is 76.1 cm³/mol. The largest absolute Gasteiger partial charge is 0.374 e. The Morgan fingerprint density at radius 3 is 3.16 bits per heavy atom. The number of nitrogens with zero attached hydrogens (tertiary/aromatic N) is 3. The number of imidazole rings is 1. The topological polar surface area (TPSA) is 42.3 Å². The van der Waals surface area contributed by atoms with E-state index < -0.39 is 0 Å². The summed E-state index contributed by atoms with van der Waals surface area (Å²) in [6.45, 7) is 11.2. The van der Waals surface area contributed by atoms with Crippen LogP contribution in [0, 0.1) is 0 Å². The van der Waals surface area contributed by atoms with E-state index in [-0.39, 0.29) is 0 Å². The van der Waals surface area contributed by atoms with Crippen molar-refractivity contribution >= 4 is 0 Å². The molecule has 1 aliphatic rings. The summed E-state index contributed by atoms with van der Waals surface area (Å²) >= 11 is 0. The van der Waals surface area contributed by atoms with Crippen LogP contribution in [0.25, 0.3) is 0 Å². The highest BCUT2D eigenvalue weighted by Gasteiger charge is 2.18. The summed E-state index contributed by atoms with van der Waals surface area (Å²) in [5.74, 6) is 1.12. The molecule has 19 heavy (non-hydrogen) atoms. The number of rotatable bonds is 7. The first kappa shape index (κ1) is 14.5. The molecular weight excluding hydrogens is 240 g/mol. The molecule has 2 rings (SSSR count). The van der Waals surface area contributed by atoms with Crippen LogP contribution in [0.1, 0.15) is 26.1 Å². The van der Waals surface area contributed by atoms with Crippen LogP contribution in [-0.2, 0) is 17.8 Å². The summed E-state index contributed by atoms with van der Waals surface area (Å²) in [5, 5.41) is 3.47. The summed E-state index contributed by atoms with van der Waals surface area (Å²) in [7, 11) is 0. The lowest BCUT2D eigenvalue weighted by atomic mass is 10.2. The maximum absolute atomic E-state index is 5.78. The average Bonchev–Trinajstić information content (AvgIpc) is 2.87. The second-order valence-electron chi connectivity index (χ2n) is 5.05. The molecular formula is C14H26N4O. The van der Waals surface area contributed by atoms with Crippen LogP contribution in [0.4, 0.5) is 0 Å². The molecule has 1 aromatic heterocycles. The summed E-state index contributed by atoms with van der Waals surface area (Å²) in [6.07, 6.45) is 5.38. The first-order chi connectivity index (χ1) is 9.33. The Morgan fingerprint density at radius 2 is 2.37 bits per heavy atom. The monoisotopic (exact) mass is 266 g/mol. The molecule has 0 aromatic carbocycles. The van der Waals surface area contributed by atoms with Gasteiger partial charge in [0.1, 0.15) is 5.82 Å². The summed E-state index contributed by atoms with van der Waals surface area (Å²) in [4.78, 5) is 6.84. The van der Waals surface area contributed by atoms with Crippen LogP contribution in [0.3, 0.4) is 0 Å². The number of morpholine rings is 1. The van der Waals surface area contributed by atoms with E-state index in [4.69, 9.17) is 4.74 Å². The zero-order valence-corrected chi connectivity index (χ0v) is 12.1. The molecule has 0 spiro atoms. The fraction of sp³-hybridized carbons (Fsp3) is 0.786. The molecule has 5 nitrogen and oxygen atoms in total. The van der Waals surface area contributed by atoms with Crippen molar-refractivity contribution in [2.45, 2.75) is 39.5 Å². The average molecular weight is 266 g/mol. The maximum atomic E-state index is 5.78. The maximum Gasteiger partial charge on any atom is 0.122 e. The highest BCUT2D eigenvalue weighted by Crippen LogP contribution is 2.04. The van der Waals surface area contributed by atoms with E-state index in [1.165, 1.54) is 0 Å². The molecule has 1 saturated heterocycles. The van der Waals surface area contributed by atoms with E-state index in [0.717, 1.165) is 58.1 Å². The van der Waals surface area contributed by atoms with Gasteiger partial charge in [-0.25, -0.2) is 4.98 Å². The number of aryl methyl sites for hydroxylation is 1. The van der Waals surface area contributed by atoms with Crippen LogP contribution in [0.15, 0.2) is 12.4 Å². The zero-order chi connectivity index (χ0) is 13.5. The molecule has 1 unspecified atom stereocenters. The number of aromatic nitrogens is 2. The van der Waals surface area contributed by atoms with Crippen molar-refractivity contribution in [1.82, 2.24) is 19.8 Å². The van der Waals surface area contributed by atoms with Gasteiger partial charge in [-0.15, -0.1) is 0 Å². The standard InChI is InChI=1S/C14H26N4O/c1-3-6-18-7-5-16-14(18)11-15-10-13-12-17(4-2)8-9-19-13/h5,7,13,15H,3-4,6,8-12H2,1-2H3. The van der Waals surface area contributed by atoms with E-state index in [1.54, 1.807) is 0 Å². The van der Waals surface area contributed by atoms with Crippen LogP contribution < -0.4 is 5.32 Å². The third-order valence-corrected chi connectivity index (χ3v) is 3.59. The number of ether oxygens (including phenoxy) is 1. The van der Waals surface area contributed by atoms with Crippen molar-refractivity contribution in [1.29, 1.82) is 0 Å². The molecule has 0 aliphatic carbocycles. The molecule has 5 heteroatoms. The van der Waals surface area contributed by atoms with E-state index in [0.29, 0.717) is 6.10 Å². The fourth-order valence-corrected chi connectivity index (χ4v) is 2.49. The Kier molecular flexibility index (Phi) is 5.82. The van der Waals surface area contributed by atoms with Crippen LogP contribution in [0.2, 0.25) is 0 Å². The highest BCUT2D eigenvalue weighted by molar-refractivity contribution is 4.92. The highest BCUT2D eigenvalue weighted by atomic mass is 16.5. The lowest BCUT2D eigenvalue weighted by Gasteiger charge is -2.32. The van der Waals surface area contributed by atoms with Crippen LogP contribution in [0.5, 0.6) is 0 Å². The van der Waals surface area contributed by atoms with E-state index in [2.05, 4.69) is 39.8 Å². The summed E-state index contributed by atoms with van der Waals surface area (Å²) in [6, 6.07) is 0. The minimum Gasteiger partial charge on any atom is -0.374 e. The normalized spacial score (nSPS) is 20.8. The molecule has 0 bridgehead atoms. The van der Waals surface area contributed by atoms with Crippen molar-refractivity contribution in [2.75, 3.05) is 32.8 Å². The molecule has 1 aliphatic heterocycles. The molecule has 108 valence electrons. The third-order valence-electron chi connectivity index (χ3n) is 3.59. The lowest BCUT2D eigenvalue weighted by Crippen LogP contribution is -2.46. The quantitative estimate of drug-likeness (QED) is 0.802. The number of nitrogens with one attached hydrogen (secondary N) is 1. The van der Waals surface area contributed by atoms with Gasteiger partial charge in [-0.3, -0.25) is 4.90 Å². The summed E-state index contributed by atoms with van der Waals surface area (Å²) < 4.78 is 7.99. The van der Waals surface area contributed by atoms with Gasteiger partial charge in [0.25, 0.3) is 0 Å². The Labute approximate surface area is 116 Å². The Hall–Kier alpha value is -0.910. The Morgan fingerprint density at radius 1 is 1.47 bits per heavy atom. The molecule has 1 fully saturated rings. The van der Waals surface area contributed by atoms with E-state index in [9.17, 15) is 0 Å². The number of hydrogen-bond donors (Lipinski definition) is 1. The molecule has 2 heterocycles. The predicted octanol–water partition coefficient (Wildman–Crippen LogP) is 1.10. The second-order valence-corrected chi connectivity index (χ2v) is 5.05. The van der Waals surface area contributed by atoms with Crippen molar-refractivity contribution in [3.05, 3.63) is 18.2 Å². The van der Waals surface area contributed by atoms with Gasteiger partial charge in [0.2, 0.25) is 0 Å². The number of hydrogen-bond acceptors (Lipinski definition) is 4. The lowest BCUT2D eigenvalue weighted by molar-refractivity contribution is -0.0254. The van der Waals surface area contributed by atoms with Gasteiger partial charge in [0, 0.05) is 38.6 Å². The van der Waals surface area contributed by atoms with Gasteiger partial charge >= 0.3 is 0 Å². The molecule has 0 amide bonds. The zero-order valence-electron chi connectivity index (χ0n) is 12.1. The van der Waals surface area contributed by atoms with E-state index in [1.807, 2.05) is 6.20 Å². The molecule has 0 radical (unpaired) electrons. The first-order valence-electron chi connectivity index (χ1n) is 7.38. The minimum absolute atomic E-state index is 0.309. The number of likely N-dealkylation sites (N-methyl/N-ethyl adjacent to an activating group) is 1. The molecule has 1 atom stereocenters. The van der Waals surface area contributed by atoms with Crippen molar-refractivity contribution in [3.63, 3.8) is 0 Å². The van der Waals surface area contributed by atoms with Crippen molar-refractivity contribution in [2.24, 2.45) is 0 Å². The second kappa shape index (κ2) is 7.62. The van der Waals surface area contributed by atoms with Crippen LogP contribution >= 0.6 is 0 Å². The molecule has 1 N–H and O–H groups in total. The third kappa shape index (κ3) is 4.30. The smallest absolute Gasteiger partial charge is 0.122 e. The van der Waals surface area contributed by atoms with Gasteiger partial charge in [-0.05, 0) is 13.0 Å². The first-order valence-corrected chi connectivity index (χ1v) is 7.38. The summed E-state index contributed by atoms with van der Waals surface area (Å²) in [5.41, 5.74) is 0. The fourth-order valence-electron chi connectivity index (χ4n) is 2.49. The van der Waals surface area contributed by atoms with Gasteiger partial charge in [-0.1, -0.05) is 13.8 Å². The van der Waals surface area contributed by atoms with Gasteiger partial charge in [-0.2, -0.15) is 0 Å².